The van der Waals surface area contributed by atoms with Crippen molar-refractivity contribution >= 4 is 10.1 Å². The molecule has 0 fully saturated rings. The highest BCUT2D eigenvalue weighted by atomic mass is 32.2. The van der Waals surface area contributed by atoms with E-state index < -0.39 is 15.9 Å². The van der Waals surface area contributed by atoms with Gasteiger partial charge in [0.25, 0.3) is 0 Å². The normalized spacial score (nSPS) is 11.7. The molecule has 2 aromatic rings. The molecule has 0 aliphatic carbocycles. The van der Waals surface area contributed by atoms with Crippen LogP contribution < -0.4 is 9.50 Å². The van der Waals surface area contributed by atoms with Crippen LogP contribution in [0.1, 0.15) is 19.4 Å². The molecule has 1 N–H and O–H groups in total. The monoisotopic (exact) mass is 337 g/mol. The van der Waals surface area contributed by atoms with E-state index in [0.29, 0.717) is 12.5 Å². The fraction of sp³-hybridized carbons (Fsp3) is 0.294. The predicted molar refractivity (Wildman–Crippen MR) is 87.2 cm³/mol. The number of hydrogen-bond donors (Lipinski definition) is 1. The summed E-state index contributed by atoms with van der Waals surface area (Å²) in [5.41, 5.74) is 0.928. The molecule has 0 radical (unpaired) electrons. The van der Waals surface area contributed by atoms with Gasteiger partial charge in [-0.2, -0.15) is 8.42 Å². The highest BCUT2D eigenvalue weighted by molar-refractivity contribution is 7.87. The Kier molecular flexibility index (Phi) is 5.74. The van der Waals surface area contributed by atoms with Crippen molar-refractivity contribution in [1.29, 1.82) is 0 Å². The molecule has 0 unspecified atom stereocenters. The van der Waals surface area contributed by atoms with Crippen molar-refractivity contribution in [3.05, 3.63) is 59.9 Å². The van der Waals surface area contributed by atoms with Gasteiger partial charge in [0.2, 0.25) is 0 Å². The van der Waals surface area contributed by atoms with Crippen molar-refractivity contribution in [2.24, 2.45) is 5.92 Å². The molecule has 6 heteroatoms. The Bertz CT molecular complexity index is 743. The molecule has 0 spiro atoms. The second-order valence-corrected chi connectivity index (χ2v) is 7.21. The number of benzene rings is 2. The summed E-state index contributed by atoms with van der Waals surface area (Å²) in [4.78, 5) is -0.0813. The van der Waals surface area contributed by atoms with Gasteiger partial charge in [-0.1, -0.05) is 26.0 Å². The van der Waals surface area contributed by atoms with E-state index >= 15 is 0 Å². The van der Waals surface area contributed by atoms with Gasteiger partial charge in [0.05, 0.1) is 0 Å². The van der Waals surface area contributed by atoms with Crippen molar-refractivity contribution in [2.75, 3.05) is 6.54 Å². The minimum Gasteiger partial charge on any atom is -0.379 e. The first-order chi connectivity index (χ1) is 10.9. The third kappa shape index (κ3) is 5.33. The highest BCUT2D eigenvalue weighted by Crippen LogP contribution is 2.20. The maximum atomic E-state index is 12.9. The van der Waals surface area contributed by atoms with Gasteiger partial charge in [0, 0.05) is 6.54 Å². The number of halogens is 1. The van der Waals surface area contributed by atoms with Crippen LogP contribution in [0.3, 0.4) is 0 Å². The van der Waals surface area contributed by atoms with Gasteiger partial charge in [-0.3, -0.25) is 0 Å². The molecule has 0 amide bonds. The Morgan fingerprint density at radius 3 is 2.48 bits per heavy atom. The quantitative estimate of drug-likeness (QED) is 0.787. The number of hydrogen-bond acceptors (Lipinski definition) is 4. The molecule has 23 heavy (non-hydrogen) atoms. The Hall–Kier alpha value is -1.92. The van der Waals surface area contributed by atoms with Crippen molar-refractivity contribution in [3.63, 3.8) is 0 Å². The molecule has 0 aliphatic rings. The SMILES string of the molecule is CC(C)CNCc1cccc(OS(=O)(=O)c2ccc(F)cc2)c1. The van der Waals surface area contributed by atoms with Crippen LogP contribution in [-0.2, 0) is 16.7 Å². The molecule has 2 aromatic carbocycles. The predicted octanol–water partition coefficient (Wildman–Crippen LogP) is 3.34. The Labute approximate surface area is 136 Å². The summed E-state index contributed by atoms with van der Waals surface area (Å²) in [6, 6.07) is 11.4. The molecule has 0 saturated heterocycles. The second-order valence-electron chi connectivity index (χ2n) is 5.66. The molecule has 0 aliphatic heterocycles. The van der Waals surface area contributed by atoms with Crippen LogP contribution in [0.25, 0.3) is 0 Å². The molecular formula is C17H20FNO3S. The summed E-state index contributed by atoms with van der Waals surface area (Å²) >= 11 is 0. The van der Waals surface area contributed by atoms with Crippen LogP contribution in [0.15, 0.2) is 53.4 Å². The summed E-state index contributed by atoms with van der Waals surface area (Å²) in [5, 5.41) is 3.28. The lowest BCUT2D eigenvalue weighted by Gasteiger charge is -2.10. The average molecular weight is 337 g/mol. The average Bonchev–Trinajstić information content (AvgIpc) is 2.47. The van der Waals surface area contributed by atoms with Crippen molar-refractivity contribution in [3.8, 4) is 5.75 Å². The van der Waals surface area contributed by atoms with Gasteiger partial charge in [0.1, 0.15) is 16.5 Å². The first-order valence-corrected chi connectivity index (χ1v) is 8.77. The summed E-state index contributed by atoms with van der Waals surface area (Å²) in [6.45, 7) is 5.73. The molecule has 4 nitrogen and oxygen atoms in total. The van der Waals surface area contributed by atoms with E-state index in [2.05, 4.69) is 19.2 Å². The minimum absolute atomic E-state index is 0.0813. The van der Waals surface area contributed by atoms with Crippen LogP contribution in [0.4, 0.5) is 4.39 Å². The third-order valence-corrected chi connectivity index (χ3v) is 4.35. The maximum Gasteiger partial charge on any atom is 0.339 e. The van der Waals surface area contributed by atoms with Gasteiger partial charge in [0.15, 0.2) is 0 Å². The van der Waals surface area contributed by atoms with E-state index in [0.717, 1.165) is 24.2 Å². The molecule has 124 valence electrons. The minimum atomic E-state index is -3.97. The van der Waals surface area contributed by atoms with Crippen LogP contribution >= 0.6 is 0 Å². The molecule has 0 atom stereocenters. The second kappa shape index (κ2) is 7.57. The molecule has 0 bridgehead atoms. The molecule has 0 saturated carbocycles. The van der Waals surface area contributed by atoms with Crippen LogP contribution in [0.2, 0.25) is 0 Å². The van der Waals surface area contributed by atoms with Crippen molar-refractivity contribution < 1.29 is 17.0 Å². The van der Waals surface area contributed by atoms with Crippen molar-refractivity contribution in [2.45, 2.75) is 25.3 Å². The zero-order valence-corrected chi connectivity index (χ0v) is 13.9. The molecular weight excluding hydrogens is 317 g/mol. The van der Waals surface area contributed by atoms with Gasteiger partial charge in [-0.25, -0.2) is 4.39 Å². The molecule has 2 rings (SSSR count). The first kappa shape index (κ1) is 17.4. The van der Waals surface area contributed by atoms with Crippen LogP contribution in [-0.4, -0.2) is 15.0 Å². The topological polar surface area (TPSA) is 55.4 Å². The summed E-state index contributed by atoms with van der Waals surface area (Å²) in [6.07, 6.45) is 0. The van der Waals surface area contributed by atoms with Gasteiger partial charge < -0.3 is 9.50 Å². The lowest BCUT2D eigenvalue weighted by Crippen LogP contribution is -2.19. The lowest BCUT2D eigenvalue weighted by molar-refractivity contribution is 0.485. The van der Waals surface area contributed by atoms with Gasteiger partial charge in [-0.05, 0) is 54.4 Å². The van der Waals surface area contributed by atoms with Gasteiger partial charge >= 0.3 is 10.1 Å². The van der Waals surface area contributed by atoms with Crippen molar-refractivity contribution in [1.82, 2.24) is 5.32 Å². The lowest BCUT2D eigenvalue weighted by atomic mass is 10.2. The molecule has 0 aromatic heterocycles. The first-order valence-electron chi connectivity index (χ1n) is 7.36. The Morgan fingerprint density at radius 1 is 1.13 bits per heavy atom. The largest absolute Gasteiger partial charge is 0.379 e. The summed E-state index contributed by atoms with van der Waals surface area (Å²) < 4.78 is 42.3. The van der Waals surface area contributed by atoms with E-state index in [1.807, 2.05) is 6.07 Å². The van der Waals surface area contributed by atoms with E-state index in [-0.39, 0.29) is 10.6 Å². The maximum absolute atomic E-state index is 12.9. The third-order valence-electron chi connectivity index (χ3n) is 3.09. The Balaban J connectivity index is 2.08. The van der Waals surface area contributed by atoms with Gasteiger partial charge in [-0.15, -0.1) is 0 Å². The highest BCUT2D eigenvalue weighted by Gasteiger charge is 2.16. The smallest absolute Gasteiger partial charge is 0.339 e. The fourth-order valence-electron chi connectivity index (χ4n) is 1.99. The summed E-state index contributed by atoms with van der Waals surface area (Å²) in [5.74, 6) is 0.272. The Morgan fingerprint density at radius 2 is 1.83 bits per heavy atom. The zero-order chi connectivity index (χ0) is 16.9. The van der Waals surface area contributed by atoms with Crippen LogP contribution in [0.5, 0.6) is 5.75 Å². The zero-order valence-electron chi connectivity index (χ0n) is 13.1. The van der Waals surface area contributed by atoms with E-state index in [4.69, 9.17) is 4.18 Å². The number of rotatable bonds is 7. The van der Waals surface area contributed by atoms with Crippen LogP contribution in [0, 0.1) is 11.7 Å². The number of nitrogens with one attached hydrogen (secondary N) is 1. The summed E-state index contributed by atoms with van der Waals surface area (Å²) in [7, 11) is -3.97. The van der Waals surface area contributed by atoms with E-state index in [1.165, 1.54) is 12.1 Å². The fourth-order valence-corrected chi connectivity index (χ4v) is 2.91. The standard InChI is InChI=1S/C17H20FNO3S/c1-13(2)11-19-12-14-4-3-5-16(10-14)22-23(20,21)17-8-6-15(18)7-9-17/h3-10,13,19H,11-12H2,1-2H3. The molecule has 0 heterocycles. The van der Waals surface area contributed by atoms with E-state index in [1.54, 1.807) is 18.2 Å². The van der Waals surface area contributed by atoms with E-state index in [9.17, 15) is 12.8 Å².